The lowest BCUT2D eigenvalue weighted by Crippen LogP contribution is -2.30. The van der Waals surface area contributed by atoms with Crippen molar-refractivity contribution in [3.05, 3.63) is 98.5 Å². The van der Waals surface area contributed by atoms with Crippen LogP contribution in [0.4, 0.5) is 11.4 Å². The molecule has 9 heteroatoms. The van der Waals surface area contributed by atoms with Gasteiger partial charge in [-0.3, -0.25) is 19.7 Å². The Balaban J connectivity index is 1.91. The summed E-state index contributed by atoms with van der Waals surface area (Å²) in [4.78, 5) is 35.6. The third kappa shape index (κ3) is 5.39. The number of furan rings is 1. The summed E-state index contributed by atoms with van der Waals surface area (Å²) in [6.45, 7) is 0. The summed E-state index contributed by atoms with van der Waals surface area (Å²) in [5.74, 6) is -1.24. The van der Waals surface area contributed by atoms with Crippen molar-refractivity contribution in [2.45, 2.75) is 0 Å². The van der Waals surface area contributed by atoms with Gasteiger partial charge in [-0.2, -0.15) is 0 Å². The van der Waals surface area contributed by atoms with Gasteiger partial charge in [-0.15, -0.1) is 0 Å². The van der Waals surface area contributed by atoms with Crippen LogP contribution in [0.3, 0.4) is 0 Å². The van der Waals surface area contributed by atoms with Gasteiger partial charge in [-0.1, -0.05) is 30.3 Å². The van der Waals surface area contributed by atoms with Crippen molar-refractivity contribution in [2.24, 2.45) is 0 Å². The summed E-state index contributed by atoms with van der Waals surface area (Å²) < 4.78 is 5.56. The van der Waals surface area contributed by atoms with E-state index in [4.69, 9.17) is 4.42 Å². The summed E-state index contributed by atoms with van der Waals surface area (Å²) in [5.41, 5.74) is 0.658. The van der Waals surface area contributed by atoms with E-state index < -0.39 is 16.7 Å². The minimum absolute atomic E-state index is 0.00525. The molecule has 0 radical (unpaired) electrons. The number of nitrogens with zero attached hydrogens (tertiary/aromatic N) is 1. The number of nitro benzene ring substituents is 1. The Morgan fingerprint density at radius 3 is 2.45 bits per heavy atom. The zero-order valence-electron chi connectivity index (χ0n) is 14.8. The molecule has 0 bridgehead atoms. The molecule has 1 heterocycles. The van der Waals surface area contributed by atoms with Crippen molar-refractivity contribution in [1.29, 1.82) is 0 Å². The fraction of sp³-hybridized carbons (Fsp3) is 0. The minimum Gasteiger partial charge on any atom is -0.444 e. The van der Waals surface area contributed by atoms with Crippen LogP contribution in [-0.2, 0) is 4.79 Å². The number of amides is 2. The van der Waals surface area contributed by atoms with Crippen LogP contribution in [0.5, 0.6) is 0 Å². The fourth-order valence-corrected chi connectivity index (χ4v) is 2.70. The number of halogens is 1. The number of rotatable bonds is 6. The van der Waals surface area contributed by atoms with E-state index in [2.05, 4.69) is 26.6 Å². The first-order valence-corrected chi connectivity index (χ1v) is 9.11. The van der Waals surface area contributed by atoms with E-state index in [1.807, 2.05) is 0 Å². The molecule has 8 nitrogen and oxygen atoms in total. The molecule has 0 atom stereocenters. The molecule has 2 N–H and O–H groups in total. The van der Waals surface area contributed by atoms with Gasteiger partial charge in [0.1, 0.15) is 5.70 Å². The third-order valence-electron chi connectivity index (χ3n) is 3.71. The van der Waals surface area contributed by atoms with Crippen LogP contribution in [0.2, 0.25) is 0 Å². The van der Waals surface area contributed by atoms with Gasteiger partial charge >= 0.3 is 0 Å². The Morgan fingerprint density at radius 2 is 1.79 bits per heavy atom. The maximum Gasteiger partial charge on any atom is 0.291 e. The minimum atomic E-state index is -0.643. The lowest BCUT2D eigenvalue weighted by Gasteiger charge is -2.10. The standard InChI is InChI=1S/C20H14BrN3O5/c21-18-10-9-17(29-18)20(26)23-16(19(25)22-14-6-2-1-3-7-14)12-13-5-4-8-15(11-13)24(27)28/h1-12H,(H,22,25)(H,23,26). The molecular formula is C20H14BrN3O5. The average molecular weight is 456 g/mol. The maximum absolute atomic E-state index is 12.7. The zero-order chi connectivity index (χ0) is 20.8. The van der Waals surface area contributed by atoms with Gasteiger partial charge in [0.2, 0.25) is 0 Å². The second kappa shape index (κ2) is 8.98. The van der Waals surface area contributed by atoms with Crippen LogP contribution in [0.25, 0.3) is 6.08 Å². The highest BCUT2D eigenvalue weighted by atomic mass is 79.9. The predicted octanol–water partition coefficient (Wildman–Crippen LogP) is 4.36. The van der Waals surface area contributed by atoms with Crippen LogP contribution >= 0.6 is 15.9 Å². The molecule has 146 valence electrons. The van der Waals surface area contributed by atoms with Gasteiger partial charge in [-0.25, -0.2) is 0 Å². The second-order valence-corrected chi connectivity index (χ2v) is 6.57. The van der Waals surface area contributed by atoms with E-state index in [1.54, 1.807) is 42.5 Å². The largest absolute Gasteiger partial charge is 0.444 e. The van der Waals surface area contributed by atoms with Gasteiger partial charge in [0.05, 0.1) is 4.92 Å². The summed E-state index contributed by atoms with van der Waals surface area (Å²) in [5, 5.41) is 16.2. The van der Waals surface area contributed by atoms with Crippen LogP contribution in [0.15, 0.2) is 81.5 Å². The number of carbonyl (C=O) groups excluding carboxylic acids is 2. The normalized spacial score (nSPS) is 11.0. The van der Waals surface area contributed by atoms with Crippen LogP contribution in [0, 0.1) is 10.1 Å². The molecule has 0 aliphatic heterocycles. The molecule has 3 rings (SSSR count). The molecule has 2 aromatic carbocycles. The average Bonchev–Trinajstić information content (AvgIpc) is 3.15. The highest BCUT2D eigenvalue weighted by Crippen LogP contribution is 2.18. The molecule has 0 aliphatic carbocycles. The van der Waals surface area contributed by atoms with Crippen molar-refractivity contribution in [1.82, 2.24) is 5.32 Å². The first-order chi connectivity index (χ1) is 13.9. The lowest BCUT2D eigenvalue weighted by molar-refractivity contribution is -0.384. The number of carbonyl (C=O) groups is 2. The first kappa shape index (κ1) is 20.0. The number of hydrogen-bond acceptors (Lipinski definition) is 5. The molecule has 29 heavy (non-hydrogen) atoms. The van der Waals surface area contributed by atoms with Crippen LogP contribution in [0.1, 0.15) is 16.1 Å². The fourth-order valence-electron chi connectivity index (χ4n) is 2.39. The molecule has 0 unspecified atom stereocenters. The van der Waals surface area contributed by atoms with Gasteiger partial charge in [0, 0.05) is 17.8 Å². The lowest BCUT2D eigenvalue weighted by atomic mass is 10.1. The topological polar surface area (TPSA) is 114 Å². The number of nitro groups is 1. The van der Waals surface area contributed by atoms with Crippen molar-refractivity contribution in [3.63, 3.8) is 0 Å². The summed E-state index contributed by atoms with van der Waals surface area (Å²) in [6, 6.07) is 17.4. The number of anilines is 1. The van der Waals surface area contributed by atoms with E-state index in [0.717, 1.165) is 0 Å². The maximum atomic E-state index is 12.7. The second-order valence-electron chi connectivity index (χ2n) is 5.79. The summed E-state index contributed by atoms with van der Waals surface area (Å²) in [7, 11) is 0. The van der Waals surface area contributed by atoms with Crippen molar-refractivity contribution < 1.29 is 18.9 Å². The number of nitrogens with one attached hydrogen (secondary N) is 2. The van der Waals surface area contributed by atoms with Crippen LogP contribution in [-0.4, -0.2) is 16.7 Å². The highest BCUT2D eigenvalue weighted by Gasteiger charge is 2.18. The molecule has 3 aromatic rings. The SMILES string of the molecule is O=C(Nc1ccccc1)C(=Cc1cccc([N+](=O)[O-])c1)NC(=O)c1ccc(Br)o1. The molecule has 0 saturated heterocycles. The molecule has 0 saturated carbocycles. The highest BCUT2D eigenvalue weighted by molar-refractivity contribution is 9.10. The van der Waals surface area contributed by atoms with Gasteiger partial charge in [0.25, 0.3) is 17.5 Å². The molecular weight excluding hydrogens is 442 g/mol. The molecule has 1 aromatic heterocycles. The van der Waals surface area contributed by atoms with Crippen molar-refractivity contribution in [2.75, 3.05) is 5.32 Å². The molecule has 0 aliphatic rings. The number of non-ortho nitro benzene ring substituents is 1. The van der Waals surface area contributed by atoms with Crippen molar-refractivity contribution >= 4 is 45.2 Å². The van der Waals surface area contributed by atoms with Crippen molar-refractivity contribution in [3.8, 4) is 0 Å². The van der Waals surface area contributed by atoms with Gasteiger partial charge in [0.15, 0.2) is 10.4 Å². The van der Waals surface area contributed by atoms with Gasteiger partial charge < -0.3 is 15.1 Å². The molecule has 0 fully saturated rings. The Bertz CT molecular complexity index is 1090. The summed E-state index contributed by atoms with van der Waals surface area (Å²) in [6.07, 6.45) is 1.35. The number of para-hydroxylation sites is 1. The molecule has 0 spiro atoms. The van der Waals surface area contributed by atoms with E-state index in [-0.39, 0.29) is 17.1 Å². The number of benzene rings is 2. The van der Waals surface area contributed by atoms with Crippen LogP contribution < -0.4 is 10.6 Å². The van der Waals surface area contributed by atoms with E-state index in [1.165, 1.54) is 30.3 Å². The number of hydrogen-bond donors (Lipinski definition) is 2. The van der Waals surface area contributed by atoms with E-state index in [0.29, 0.717) is 15.9 Å². The summed E-state index contributed by atoms with van der Waals surface area (Å²) >= 11 is 3.11. The predicted molar refractivity (Wildman–Crippen MR) is 110 cm³/mol. The Hall–Kier alpha value is -3.72. The third-order valence-corrected chi connectivity index (χ3v) is 4.14. The zero-order valence-corrected chi connectivity index (χ0v) is 16.4. The Labute approximate surface area is 173 Å². The Kier molecular flexibility index (Phi) is 6.20. The van der Waals surface area contributed by atoms with E-state index >= 15 is 0 Å². The first-order valence-electron chi connectivity index (χ1n) is 8.31. The Morgan fingerprint density at radius 1 is 1.03 bits per heavy atom. The quantitative estimate of drug-likeness (QED) is 0.325. The van der Waals surface area contributed by atoms with Gasteiger partial charge in [-0.05, 0) is 51.8 Å². The van der Waals surface area contributed by atoms with E-state index in [9.17, 15) is 19.7 Å². The smallest absolute Gasteiger partial charge is 0.291 e. The molecule has 2 amide bonds. The monoisotopic (exact) mass is 455 g/mol.